The average molecular weight is 318 g/mol. The first kappa shape index (κ1) is 12.5. The van der Waals surface area contributed by atoms with E-state index in [0.29, 0.717) is 22.2 Å². The van der Waals surface area contributed by atoms with Gasteiger partial charge >= 0.3 is 0 Å². The number of carbonyl (C=O) groups is 1. The molecule has 3 rings (SSSR count). The van der Waals surface area contributed by atoms with Crippen LogP contribution in [0.4, 0.5) is 5.69 Å². The van der Waals surface area contributed by atoms with Crippen LogP contribution >= 0.6 is 34.5 Å². The Kier molecular flexibility index (Phi) is 3.17. The van der Waals surface area contributed by atoms with E-state index in [1.54, 1.807) is 12.1 Å². The number of ether oxygens (including phenoxy) is 2. The zero-order valence-corrected chi connectivity index (χ0v) is 11.5. The number of anilines is 1. The average Bonchev–Trinajstić information content (AvgIpc) is 2.98. The third kappa shape index (κ3) is 2.44. The second kappa shape index (κ2) is 4.84. The monoisotopic (exact) mass is 317 g/mol. The third-order valence-electron chi connectivity index (χ3n) is 2.31. The first-order chi connectivity index (χ1) is 9.13. The molecule has 6 nitrogen and oxygen atoms in total. The van der Waals surface area contributed by atoms with Crippen molar-refractivity contribution in [2.45, 2.75) is 0 Å². The van der Waals surface area contributed by atoms with Gasteiger partial charge in [-0.15, -0.1) is 10.2 Å². The summed E-state index contributed by atoms with van der Waals surface area (Å²) in [5.41, 5.74) is 0.405. The van der Waals surface area contributed by atoms with Gasteiger partial charge in [0, 0.05) is 12.1 Å². The Balaban J connectivity index is 1.85. The Bertz CT molecular complexity index is 661. The number of amides is 1. The molecule has 98 valence electrons. The van der Waals surface area contributed by atoms with Crippen molar-refractivity contribution in [2.75, 3.05) is 12.1 Å². The number of nitrogens with one attached hydrogen (secondary N) is 1. The summed E-state index contributed by atoms with van der Waals surface area (Å²) in [6.07, 6.45) is 0. The molecule has 1 aliphatic rings. The van der Waals surface area contributed by atoms with E-state index in [1.165, 1.54) is 0 Å². The molecular weight excluding hydrogens is 313 g/mol. The highest BCUT2D eigenvalue weighted by atomic mass is 35.5. The Labute approximate surface area is 121 Å². The maximum atomic E-state index is 11.9. The molecule has 0 atom stereocenters. The number of rotatable bonds is 2. The second-order valence-electron chi connectivity index (χ2n) is 3.50. The normalized spacial score (nSPS) is 12.5. The SMILES string of the molecule is O=C(Nc1cc2c(cc1Cl)OCO2)c1nnc(Cl)s1. The van der Waals surface area contributed by atoms with Crippen molar-refractivity contribution in [1.29, 1.82) is 0 Å². The molecule has 1 aromatic carbocycles. The fourth-order valence-corrected chi connectivity index (χ4v) is 2.41. The summed E-state index contributed by atoms with van der Waals surface area (Å²) in [5, 5.41) is 10.3. The van der Waals surface area contributed by atoms with Crippen molar-refractivity contribution in [3.8, 4) is 11.5 Å². The fraction of sp³-hybridized carbons (Fsp3) is 0.100. The minimum Gasteiger partial charge on any atom is -0.454 e. The number of hydrogen-bond acceptors (Lipinski definition) is 6. The summed E-state index contributed by atoms with van der Waals surface area (Å²) < 4.78 is 10.6. The standard InChI is InChI=1S/C10H5Cl2N3O3S/c11-4-1-6-7(18-3-17-6)2-5(4)13-8(16)9-14-15-10(12)19-9/h1-2H,3H2,(H,13,16). The topological polar surface area (TPSA) is 73.3 Å². The van der Waals surface area contributed by atoms with Crippen LogP contribution in [0.1, 0.15) is 9.80 Å². The maximum Gasteiger partial charge on any atom is 0.286 e. The lowest BCUT2D eigenvalue weighted by atomic mass is 10.2. The van der Waals surface area contributed by atoms with Crippen molar-refractivity contribution >= 4 is 46.1 Å². The largest absolute Gasteiger partial charge is 0.454 e. The first-order valence-electron chi connectivity index (χ1n) is 5.03. The van der Waals surface area contributed by atoms with Crippen LogP contribution in [0.15, 0.2) is 12.1 Å². The molecule has 0 saturated carbocycles. The van der Waals surface area contributed by atoms with E-state index in [-0.39, 0.29) is 16.3 Å². The number of halogens is 2. The number of hydrogen-bond donors (Lipinski definition) is 1. The molecule has 2 heterocycles. The highest BCUT2D eigenvalue weighted by molar-refractivity contribution is 7.17. The summed E-state index contributed by atoms with van der Waals surface area (Å²) in [6.45, 7) is 0.134. The summed E-state index contributed by atoms with van der Waals surface area (Å²) in [4.78, 5) is 11.9. The van der Waals surface area contributed by atoms with Crippen LogP contribution < -0.4 is 14.8 Å². The van der Waals surface area contributed by atoms with Crippen molar-refractivity contribution in [3.63, 3.8) is 0 Å². The van der Waals surface area contributed by atoms with Crippen molar-refractivity contribution in [3.05, 3.63) is 26.6 Å². The predicted octanol–water partition coefficient (Wildman–Crippen LogP) is 2.83. The fourth-order valence-electron chi connectivity index (χ4n) is 1.49. The van der Waals surface area contributed by atoms with Crippen LogP contribution in [-0.4, -0.2) is 22.9 Å². The Hall–Kier alpha value is -1.57. The number of nitrogens with zero attached hydrogens (tertiary/aromatic N) is 2. The molecule has 0 spiro atoms. The molecule has 0 aliphatic carbocycles. The first-order valence-corrected chi connectivity index (χ1v) is 6.60. The van der Waals surface area contributed by atoms with Gasteiger partial charge < -0.3 is 14.8 Å². The molecule has 9 heteroatoms. The van der Waals surface area contributed by atoms with Gasteiger partial charge in [-0.05, 0) is 11.6 Å². The number of aromatic nitrogens is 2. The van der Waals surface area contributed by atoms with Crippen molar-refractivity contribution < 1.29 is 14.3 Å². The number of carbonyl (C=O) groups excluding carboxylic acids is 1. The summed E-state index contributed by atoms with van der Waals surface area (Å²) in [5.74, 6) is 0.627. The minimum absolute atomic E-state index is 0.134. The van der Waals surface area contributed by atoms with Gasteiger partial charge in [-0.25, -0.2) is 0 Å². The van der Waals surface area contributed by atoms with Crippen molar-refractivity contribution in [1.82, 2.24) is 10.2 Å². The van der Waals surface area contributed by atoms with Gasteiger partial charge in [-0.2, -0.15) is 0 Å². The third-order valence-corrected chi connectivity index (χ3v) is 3.64. The van der Waals surface area contributed by atoms with E-state index in [9.17, 15) is 4.79 Å². The van der Waals surface area contributed by atoms with Crippen LogP contribution in [0, 0.1) is 0 Å². The van der Waals surface area contributed by atoms with E-state index in [0.717, 1.165) is 11.3 Å². The molecule has 19 heavy (non-hydrogen) atoms. The quantitative estimate of drug-likeness (QED) is 0.922. The van der Waals surface area contributed by atoms with E-state index < -0.39 is 5.91 Å². The summed E-state index contributed by atoms with van der Waals surface area (Å²) in [7, 11) is 0. The van der Waals surface area contributed by atoms with Crippen molar-refractivity contribution in [2.24, 2.45) is 0 Å². The van der Waals surface area contributed by atoms with Gasteiger partial charge in [0.25, 0.3) is 5.91 Å². The molecule has 1 aromatic heterocycles. The van der Waals surface area contributed by atoms with Gasteiger partial charge in [-0.1, -0.05) is 22.9 Å². The predicted molar refractivity (Wildman–Crippen MR) is 70.4 cm³/mol. The molecule has 1 N–H and O–H groups in total. The molecule has 0 unspecified atom stereocenters. The van der Waals surface area contributed by atoms with Crippen LogP contribution in [0.3, 0.4) is 0 Å². The summed E-state index contributed by atoms with van der Waals surface area (Å²) in [6, 6.07) is 3.16. The highest BCUT2D eigenvalue weighted by Gasteiger charge is 2.19. The van der Waals surface area contributed by atoms with Crippen LogP contribution in [-0.2, 0) is 0 Å². The molecule has 1 aliphatic heterocycles. The van der Waals surface area contributed by atoms with Crippen LogP contribution in [0.5, 0.6) is 11.5 Å². The summed E-state index contributed by atoms with van der Waals surface area (Å²) >= 11 is 12.6. The van der Waals surface area contributed by atoms with Gasteiger partial charge in [0.2, 0.25) is 16.3 Å². The zero-order chi connectivity index (χ0) is 13.4. The minimum atomic E-state index is -0.440. The molecule has 0 fully saturated rings. The van der Waals surface area contributed by atoms with Gasteiger partial charge in [0.05, 0.1) is 10.7 Å². The number of benzene rings is 1. The van der Waals surface area contributed by atoms with Gasteiger partial charge in [0.15, 0.2) is 11.5 Å². The lowest BCUT2D eigenvalue weighted by Crippen LogP contribution is -2.11. The molecule has 0 saturated heterocycles. The molecule has 2 aromatic rings. The highest BCUT2D eigenvalue weighted by Crippen LogP contribution is 2.39. The smallest absolute Gasteiger partial charge is 0.286 e. The van der Waals surface area contributed by atoms with Gasteiger partial charge in [-0.3, -0.25) is 4.79 Å². The second-order valence-corrected chi connectivity index (χ2v) is 5.47. The van der Waals surface area contributed by atoms with E-state index in [2.05, 4.69) is 15.5 Å². The Morgan fingerprint density at radius 3 is 2.68 bits per heavy atom. The number of fused-ring (bicyclic) bond motifs is 1. The molecule has 0 radical (unpaired) electrons. The van der Waals surface area contributed by atoms with E-state index >= 15 is 0 Å². The van der Waals surface area contributed by atoms with Crippen LogP contribution in [0.25, 0.3) is 0 Å². The molecular formula is C10H5Cl2N3O3S. The molecule has 1 amide bonds. The van der Waals surface area contributed by atoms with E-state index in [1.807, 2.05) is 0 Å². The Morgan fingerprint density at radius 1 is 1.26 bits per heavy atom. The van der Waals surface area contributed by atoms with E-state index in [4.69, 9.17) is 32.7 Å². The Morgan fingerprint density at radius 2 is 2.00 bits per heavy atom. The maximum absolute atomic E-state index is 11.9. The lowest BCUT2D eigenvalue weighted by molar-refractivity contribution is 0.102. The lowest BCUT2D eigenvalue weighted by Gasteiger charge is -2.06. The molecule has 0 bridgehead atoms. The van der Waals surface area contributed by atoms with Gasteiger partial charge in [0.1, 0.15) is 0 Å². The zero-order valence-electron chi connectivity index (χ0n) is 9.15. The van der Waals surface area contributed by atoms with Crippen LogP contribution in [0.2, 0.25) is 9.49 Å².